The van der Waals surface area contributed by atoms with Crippen LogP contribution < -0.4 is 0 Å². The Morgan fingerprint density at radius 2 is 2.06 bits per heavy atom. The van der Waals surface area contributed by atoms with E-state index >= 15 is 0 Å². The molecule has 100 valence electrons. The zero-order valence-corrected chi connectivity index (χ0v) is 11.5. The molecule has 1 N–H and O–H groups in total. The van der Waals surface area contributed by atoms with Crippen LogP contribution in [0.2, 0.25) is 0 Å². The summed E-state index contributed by atoms with van der Waals surface area (Å²) in [5, 5.41) is 10.5. The molecule has 2 heteroatoms. The largest absolute Gasteiger partial charge is 0.463 e. The Kier molecular flexibility index (Phi) is 4.28. The fraction of sp³-hybridized carbons (Fsp3) is 0.625. The first-order valence-corrected chi connectivity index (χ1v) is 7.02. The first-order valence-electron chi connectivity index (χ1n) is 7.02. The topological polar surface area (TPSA) is 33.4 Å². The highest BCUT2D eigenvalue weighted by molar-refractivity contribution is 5.24. The lowest BCUT2D eigenvalue weighted by molar-refractivity contribution is 0.0950. The molecule has 1 aromatic rings. The molecule has 1 aliphatic heterocycles. The van der Waals surface area contributed by atoms with E-state index < -0.39 is 6.10 Å². The molecule has 0 unspecified atom stereocenters. The van der Waals surface area contributed by atoms with E-state index in [-0.39, 0.29) is 5.92 Å². The van der Waals surface area contributed by atoms with Gasteiger partial charge in [-0.25, -0.2) is 0 Å². The van der Waals surface area contributed by atoms with Crippen LogP contribution in [0.5, 0.6) is 0 Å². The van der Waals surface area contributed by atoms with Crippen LogP contribution in [0.25, 0.3) is 0 Å². The first-order chi connectivity index (χ1) is 8.59. The molecule has 1 aromatic heterocycles. The van der Waals surface area contributed by atoms with Crippen molar-refractivity contribution in [2.24, 2.45) is 5.92 Å². The van der Waals surface area contributed by atoms with Gasteiger partial charge < -0.3 is 9.52 Å². The molecule has 2 rings (SSSR count). The predicted molar refractivity (Wildman–Crippen MR) is 73.5 cm³/mol. The zero-order valence-electron chi connectivity index (χ0n) is 11.5. The molecule has 0 saturated carbocycles. The van der Waals surface area contributed by atoms with Crippen molar-refractivity contribution in [2.45, 2.75) is 58.5 Å². The Labute approximate surface area is 110 Å². The van der Waals surface area contributed by atoms with Crippen LogP contribution in [-0.2, 0) is 6.42 Å². The highest BCUT2D eigenvalue weighted by atomic mass is 16.4. The van der Waals surface area contributed by atoms with Crippen LogP contribution in [0.3, 0.4) is 0 Å². The van der Waals surface area contributed by atoms with E-state index in [0.717, 1.165) is 35.5 Å². The van der Waals surface area contributed by atoms with Gasteiger partial charge >= 0.3 is 0 Å². The molecule has 0 fully saturated rings. The second kappa shape index (κ2) is 5.75. The van der Waals surface area contributed by atoms with E-state index in [1.54, 1.807) is 0 Å². The van der Waals surface area contributed by atoms with Crippen molar-refractivity contribution in [3.8, 4) is 0 Å². The van der Waals surface area contributed by atoms with E-state index in [1.165, 1.54) is 25.7 Å². The van der Waals surface area contributed by atoms with Gasteiger partial charge in [0.05, 0.1) is 0 Å². The van der Waals surface area contributed by atoms with Gasteiger partial charge in [-0.3, -0.25) is 0 Å². The second-order valence-electron chi connectivity index (χ2n) is 5.61. The number of hydrogen-bond donors (Lipinski definition) is 1. The van der Waals surface area contributed by atoms with Gasteiger partial charge in [0.25, 0.3) is 0 Å². The minimum Gasteiger partial charge on any atom is -0.463 e. The van der Waals surface area contributed by atoms with E-state index in [4.69, 9.17) is 4.42 Å². The van der Waals surface area contributed by atoms with Gasteiger partial charge in [0.2, 0.25) is 0 Å². The molecule has 0 spiro atoms. The summed E-state index contributed by atoms with van der Waals surface area (Å²) < 4.78 is 5.85. The summed E-state index contributed by atoms with van der Waals surface area (Å²) in [5.41, 5.74) is 2.13. The predicted octanol–water partition coefficient (Wildman–Crippen LogP) is 4.32. The maximum atomic E-state index is 10.5. The smallest absolute Gasteiger partial charge is 0.136 e. The van der Waals surface area contributed by atoms with Gasteiger partial charge in [0.1, 0.15) is 17.6 Å². The Morgan fingerprint density at radius 3 is 2.78 bits per heavy atom. The maximum Gasteiger partial charge on any atom is 0.136 e. The molecular formula is C16H24O2. The van der Waals surface area contributed by atoms with Crippen LogP contribution in [0.1, 0.15) is 62.2 Å². The Balaban J connectivity index is 2.30. The zero-order chi connectivity index (χ0) is 13.1. The lowest BCUT2D eigenvalue weighted by atomic mass is 9.87. The number of aryl methyl sites for hydroxylation is 2. The van der Waals surface area contributed by atoms with Gasteiger partial charge in [-0.05, 0) is 38.3 Å². The summed E-state index contributed by atoms with van der Waals surface area (Å²) in [5.74, 6) is 1.89. The van der Waals surface area contributed by atoms with E-state index in [1.807, 2.05) is 13.8 Å². The van der Waals surface area contributed by atoms with Crippen molar-refractivity contribution < 1.29 is 9.52 Å². The third-order valence-corrected chi connectivity index (χ3v) is 3.98. The van der Waals surface area contributed by atoms with Crippen molar-refractivity contribution in [1.82, 2.24) is 0 Å². The van der Waals surface area contributed by atoms with Crippen molar-refractivity contribution in [3.05, 3.63) is 35.3 Å². The fourth-order valence-electron chi connectivity index (χ4n) is 2.85. The molecule has 18 heavy (non-hydrogen) atoms. The summed E-state index contributed by atoms with van der Waals surface area (Å²) in [7, 11) is 0. The molecule has 2 bridgehead atoms. The average Bonchev–Trinajstić information content (AvgIpc) is 2.65. The van der Waals surface area contributed by atoms with Crippen molar-refractivity contribution in [2.75, 3.05) is 0 Å². The quantitative estimate of drug-likeness (QED) is 0.751. The fourth-order valence-corrected chi connectivity index (χ4v) is 2.85. The molecule has 0 saturated heterocycles. The highest BCUT2D eigenvalue weighted by Gasteiger charge is 2.26. The molecule has 0 aromatic carbocycles. The molecular weight excluding hydrogens is 224 g/mol. The minimum absolute atomic E-state index is 0.126. The number of fused-ring (bicyclic) bond motifs is 2. The first kappa shape index (κ1) is 13.4. The monoisotopic (exact) mass is 248 g/mol. The van der Waals surface area contributed by atoms with Gasteiger partial charge in [0, 0.05) is 12.3 Å². The number of aliphatic hydroxyl groups is 1. The lowest BCUT2D eigenvalue weighted by Gasteiger charge is -2.22. The normalized spacial score (nSPS) is 25.5. The molecule has 1 aliphatic rings. The van der Waals surface area contributed by atoms with Gasteiger partial charge in [-0.2, -0.15) is 0 Å². The molecule has 0 amide bonds. The molecule has 2 atom stereocenters. The summed E-state index contributed by atoms with van der Waals surface area (Å²) in [6.07, 6.45) is 6.29. The van der Waals surface area contributed by atoms with Gasteiger partial charge in [-0.1, -0.05) is 31.4 Å². The van der Waals surface area contributed by atoms with E-state index in [0.29, 0.717) is 0 Å². The van der Waals surface area contributed by atoms with Crippen LogP contribution in [0, 0.1) is 12.8 Å². The Hall–Kier alpha value is -1.02. The summed E-state index contributed by atoms with van der Waals surface area (Å²) in [4.78, 5) is 0. The lowest BCUT2D eigenvalue weighted by Crippen LogP contribution is -2.14. The molecule has 0 aliphatic carbocycles. The van der Waals surface area contributed by atoms with Crippen molar-refractivity contribution >= 4 is 0 Å². The number of furan rings is 1. The van der Waals surface area contributed by atoms with Gasteiger partial charge in [0.15, 0.2) is 0 Å². The van der Waals surface area contributed by atoms with Crippen molar-refractivity contribution in [1.29, 1.82) is 0 Å². The Morgan fingerprint density at radius 1 is 1.33 bits per heavy atom. The highest BCUT2D eigenvalue weighted by Crippen LogP contribution is 2.35. The number of rotatable bonds is 1. The van der Waals surface area contributed by atoms with E-state index in [9.17, 15) is 5.11 Å². The third-order valence-electron chi connectivity index (χ3n) is 3.98. The molecule has 0 radical (unpaired) electrons. The average molecular weight is 248 g/mol. The summed E-state index contributed by atoms with van der Waals surface area (Å²) in [6, 6.07) is 2.08. The van der Waals surface area contributed by atoms with Crippen molar-refractivity contribution in [3.63, 3.8) is 0 Å². The minimum atomic E-state index is -0.533. The number of aliphatic hydroxyl groups excluding tert-OH is 1. The summed E-state index contributed by atoms with van der Waals surface area (Å²) in [6.45, 7) is 8.06. The van der Waals surface area contributed by atoms with Crippen LogP contribution in [0.15, 0.2) is 22.6 Å². The van der Waals surface area contributed by atoms with Crippen LogP contribution >= 0.6 is 0 Å². The SMILES string of the molecule is C=C(C)[C@H]1CCCCCCc2cc(C)c(o2)[C@@H]1O. The van der Waals surface area contributed by atoms with Crippen LogP contribution in [0.4, 0.5) is 0 Å². The maximum absolute atomic E-state index is 10.5. The standard InChI is InChI=1S/C16H24O2/c1-11(2)14-9-7-5-4-6-8-13-10-12(3)16(18-13)15(14)17/h10,14-15,17H,1,4-9H2,2-3H3/t14-,15-/m1/s1. The second-order valence-corrected chi connectivity index (χ2v) is 5.61. The number of hydrogen-bond acceptors (Lipinski definition) is 2. The summed E-state index contributed by atoms with van der Waals surface area (Å²) >= 11 is 0. The van der Waals surface area contributed by atoms with Gasteiger partial charge in [-0.15, -0.1) is 0 Å². The third kappa shape index (κ3) is 2.86. The van der Waals surface area contributed by atoms with Crippen LogP contribution in [-0.4, -0.2) is 5.11 Å². The molecule has 2 nitrogen and oxygen atoms in total. The Bertz CT molecular complexity index is 417. The molecule has 2 heterocycles. The van der Waals surface area contributed by atoms with E-state index in [2.05, 4.69) is 12.6 Å².